The van der Waals surface area contributed by atoms with E-state index in [0.29, 0.717) is 5.92 Å². The van der Waals surface area contributed by atoms with Gasteiger partial charge in [0.25, 0.3) is 0 Å². The Hall–Kier alpha value is -1.06. The van der Waals surface area contributed by atoms with Gasteiger partial charge in [0.1, 0.15) is 5.75 Å². The van der Waals surface area contributed by atoms with Crippen LogP contribution in [0.2, 0.25) is 0 Å². The van der Waals surface area contributed by atoms with Crippen LogP contribution >= 0.6 is 0 Å². The highest BCUT2D eigenvalue weighted by atomic mass is 16.5. The molecule has 1 aromatic carbocycles. The summed E-state index contributed by atoms with van der Waals surface area (Å²) in [5.41, 5.74) is 2.32. The minimum Gasteiger partial charge on any atom is -0.493 e. The lowest BCUT2D eigenvalue weighted by Crippen LogP contribution is -2.21. The van der Waals surface area contributed by atoms with Gasteiger partial charge < -0.3 is 14.6 Å². The van der Waals surface area contributed by atoms with Crippen molar-refractivity contribution < 1.29 is 14.6 Å². The molecule has 1 saturated heterocycles. The summed E-state index contributed by atoms with van der Waals surface area (Å²) < 4.78 is 11.2. The van der Waals surface area contributed by atoms with Crippen molar-refractivity contribution >= 4 is 0 Å². The SMILES string of the molecule is OC1CCc2cc(OCC3CCOCC3)ccc21. The maximum atomic E-state index is 9.75. The molecular formula is C15H20O3. The summed E-state index contributed by atoms with van der Waals surface area (Å²) in [4.78, 5) is 0. The van der Waals surface area contributed by atoms with E-state index < -0.39 is 0 Å². The van der Waals surface area contributed by atoms with Crippen molar-refractivity contribution in [3.05, 3.63) is 29.3 Å². The van der Waals surface area contributed by atoms with Gasteiger partial charge >= 0.3 is 0 Å². The minimum atomic E-state index is -0.274. The molecule has 1 N–H and O–H groups in total. The first-order chi connectivity index (χ1) is 8.83. The second-order valence-electron chi connectivity index (χ2n) is 5.28. The molecule has 1 aliphatic carbocycles. The molecule has 0 radical (unpaired) electrons. The molecular weight excluding hydrogens is 228 g/mol. The van der Waals surface area contributed by atoms with Gasteiger partial charge in [-0.25, -0.2) is 0 Å². The van der Waals surface area contributed by atoms with Crippen LogP contribution in [-0.2, 0) is 11.2 Å². The molecule has 0 aromatic heterocycles. The molecule has 1 unspecified atom stereocenters. The Balaban J connectivity index is 1.60. The number of rotatable bonds is 3. The second-order valence-corrected chi connectivity index (χ2v) is 5.28. The Morgan fingerprint density at radius 2 is 2.06 bits per heavy atom. The van der Waals surface area contributed by atoms with Gasteiger partial charge in [-0.3, -0.25) is 0 Å². The molecule has 2 aliphatic rings. The summed E-state index contributed by atoms with van der Waals surface area (Å²) >= 11 is 0. The predicted molar refractivity (Wildman–Crippen MR) is 68.8 cm³/mol. The number of aliphatic hydroxyl groups excluding tert-OH is 1. The number of aryl methyl sites for hydroxylation is 1. The molecule has 1 aromatic rings. The van der Waals surface area contributed by atoms with Crippen LogP contribution < -0.4 is 4.74 Å². The summed E-state index contributed by atoms with van der Waals surface area (Å²) in [5, 5.41) is 9.75. The van der Waals surface area contributed by atoms with E-state index >= 15 is 0 Å². The van der Waals surface area contributed by atoms with E-state index in [1.807, 2.05) is 12.1 Å². The Morgan fingerprint density at radius 3 is 2.89 bits per heavy atom. The highest BCUT2D eigenvalue weighted by Crippen LogP contribution is 2.33. The van der Waals surface area contributed by atoms with Crippen LogP contribution in [-0.4, -0.2) is 24.9 Å². The van der Waals surface area contributed by atoms with Crippen LogP contribution in [0.1, 0.15) is 36.5 Å². The van der Waals surface area contributed by atoms with Crippen LogP contribution in [0.3, 0.4) is 0 Å². The third kappa shape index (κ3) is 2.52. The fraction of sp³-hybridized carbons (Fsp3) is 0.600. The Kier molecular flexibility index (Phi) is 3.52. The van der Waals surface area contributed by atoms with Crippen molar-refractivity contribution in [2.45, 2.75) is 31.8 Å². The number of aliphatic hydroxyl groups is 1. The van der Waals surface area contributed by atoms with E-state index in [9.17, 15) is 5.11 Å². The molecule has 1 atom stereocenters. The van der Waals surface area contributed by atoms with Crippen molar-refractivity contribution in [2.24, 2.45) is 5.92 Å². The molecule has 0 saturated carbocycles. The molecule has 1 heterocycles. The first-order valence-corrected chi connectivity index (χ1v) is 6.84. The molecule has 1 fully saturated rings. The lowest BCUT2D eigenvalue weighted by molar-refractivity contribution is 0.0497. The van der Waals surface area contributed by atoms with Gasteiger partial charge in [-0.2, -0.15) is 0 Å². The van der Waals surface area contributed by atoms with Crippen molar-refractivity contribution in [1.29, 1.82) is 0 Å². The van der Waals surface area contributed by atoms with Gasteiger partial charge in [0.05, 0.1) is 12.7 Å². The normalized spacial score (nSPS) is 23.9. The molecule has 98 valence electrons. The van der Waals surface area contributed by atoms with Gasteiger partial charge in [0.2, 0.25) is 0 Å². The molecule has 3 heteroatoms. The van der Waals surface area contributed by atoms with Gasteiger partial charge in [-0.15, -0.1) is 0 Å². The van der Waals surface area contributed by atoms with Gasteiger partial charge in [-0.1, -0.05) is 6.07 Å². The maximum Gasteiger partial charge on any atom is 0.119 e. The molecule has 0 spiro atoms. The molecule has 3 rings (SSSR count). The summed E-state index contributed by atoms with van der Waals surface area (Å²) in [7, 11) is 0. The quantitative estimate of drug-likeness (QED) is 0.893. The average Bonchev–Trinajstić information content (AvgIpc) is 2.79. The summed E-state index contributed by atoms with van der Waals surface area (Å²) in [6.07, 6.45) is 3.74. The average molecular weight is 248 g/mol. The lowest BCUT2D eigenvalue weighted by atomic mass is 10.0. The number of hydrogen-bond acceptors (Lipinski definition) is 3. The van der Waals surface area contributed by atoms with Crippen molar-refractivity contribution in [3.8, 4) is 5.75 Å². The zero-order valence-electron chi connectivity index (χ0n) is 10.6. The number of hydrogen-bond donors (Lipinski definition) is 1. The van der Waals surface area contributed by atoms with Crippen molar-refractivity contribution in [3.63, 3.8) is 0 Å². The maximum absolute atomic E-state index is 9.75. The van der Waals surface area contributed by atoms with Crippen molar-refractivity contribution in [1.82, 2.24) is 0 Å². The summed E-state index contributed by atoms with van der Waals surface area (Å²) in [5.74, 6) is 1.56. The van der Waals surface area contributed by atoms with E-state index in [2.05, 4.69) is 6.07 Å². The Labute approximate surface area is 108 Å². The molecule has 0 bridgehead atoms. The molecule has 1 aliphatic heterocycles. The monoisotopic (exact) mass is 248 g/mol. The van der Waals surface area contributed by atoms with E-state index in [-0.39, 0.29) is 6.10 Å². The first kappa shape index (κ1) is 12.0. The van der Waals surface area contributed by atoms with Crippen LogP contribution in [0, 0.1) is 5.92 Å². The number of benzene rings is 1. The zero-order valence-corrected chi connectivity index (χ0v) is 10.6. The zero-order chi connectivity index (χ0) is 12.4. The highest BCUT2D eigenvalue weighted by molar-refractivity contribution is 5.39. The lowest BCUT2D eigenvalue weighted by Gasteiger charge is -2.22. The van der Waals surface area contributed by atoms with Gasteiger partial charge in [0.15, 0.2) is 0 Å². The Morgan fingerprint density at radius 1 is 1.22 bits per heavy atom. The fourth-order valence-electron chi connectivity index (χ4n) is 2.79. The number of fused-ring (bicyclic) bond motifs is 1. The third-order valence-electron chi connectivity index (χ3n) is 3.99. The molecule has 18 heavy (non-hydrogen) atoms. The van der Waals surface area contributed by atoms with E-state index in [1.54, 1.807) is 0 Å². The standard InChI is InChI=1S/C15H20O3/c16-15-4-1-12-9-13(2-3-14(12)15)18-10-11-5-7-17-8-6-11/h2-3,9,11,15-16H,1,4-8,10H2. The molecule has 3 nitrogen and oxygen atoms in total. The third-order valence-corrected chi connectivity index (χ3v) is 3.99. The smallest absolute Gasteiger partial charge is 0.119 e. The topological polar surface area (TPSA) is 38.7 Å². The van der Waals surface area contributed by atoms with Crippen LogP contribution in [0.4, 0.5) is 0 Å². The number of ether oxygens (including phenoxy) is 2. The van der Waals surface area contributed by atoms with E-state index in [4.69, 9.17) is 9.47 Å². The predicted octanol–water partition coefficient (Wildman–Crippen LogP) is 2.47. The summed E-state index contributed by atoms with van der Waals surface area (Å²) in [6, 6.07) is 6.07. The van der Waals surface area contributed by atoms with Crippen LogP contribution in [0.5, 0.6) is 5.75 Å². The molecule has 0 amide bonds. The van der Waals surface area contributed by atoms with Gasteiger partial charge in [-0.05, 0) is 54.9 Å². The van der Waals surface area contributed by atoms with Crippen molar-refractivity contribution in [2.75, 3.05) is 19.8 Å². The van der Waals surface area contributed by atoms with Crippen LogP contribution in [0.15, 0.2) is 18.2 Å². The summed E-state index contributed by atoms with van der Waals surface area (Å²) in [6.45, 7) is 2.51. The minimum absolute atomic E-state index is 0.274. The first-order valence-electron chi connectivity index (χ1n) is 6.84. The van der Waals surface area contributed by atoms with Crippen LogP contribution in [0.25, 0.3) is 0 Å². The Bertz CT molecular complexity index is 410. The van der Waals surface area contributed by atoms with E-state index in [1.165, 1.54) is 5.56 Å². The largest absolute Gasteiger partial charge is 0.493 e. The fourth-order valence-corrected chi connectivity index (χ4v) is 2.79. The second kappa shape index (κ2) is 5.29. The highest BCUT2D eigenvalue weighted by Gasteiger charge is 2.20. The van der Waals surface area contributed by atoms with E-state index in [0.717, 1.165) is 56.8 Å². The van der Waals surface area contributed by atoms with Gasteiger partial charge in [0, 0.05) is 13.2 Å².